The van der Waals surface area contributed by atoms with E-state index in [1.165, 1.54) is 38.0 Å². The van der Waals surface area contributed by atoms with Crippen LogP contribution >= 0.6 is 27.7 Å². The number of tetrazole rings is 1. The first kappa shape index (κ1) is 21.4. The number of nitrogens with one attached hydrogen (secondary N) is 1. The average molecular weight is 497 g/mol. The first-order valence-electron chi connectivity index (χ1n) is 8.27. The monoisotopic (exact) mass is 496 g/mol. The van der Waals surface area contributed by atoms with Crippen molar-refractivity contribution in [1.82, 2.24) is 24.5 Å². The maximum Gasteiger partial charge on any atom is 0.242 e. The van der Waals surface area contributed by atoms with Crippen molar-refractivity contribution in [3.63, 3.8) is 0 Å². The Hall–Kier alpha value is -2.28. The van der Waals surface area contributed by atoms with E-state index < -0.39 is 10.0 Å². The van der Waals surface area contributed by atoms with Crippen LogP contribution in [0, 0.1) is 0 Å². The number of hydrogen-bond donors (Lipinski definition) is 1. The maximum atomic E-state index is 12.2. The lowest BCUT2D eigenvalue weighted by Gasteiger charge is -2.12. The van der Waals surface area contributed by atoms with E-state index in [4.69, 9.17) is 0 Å². The van der Waals surface area contributed by atoms with Gasteiger partial charge in [0.2, 0.25) is 21.1 Å². The first-order chi connectivity index (χ1) is 13.8. The number of aromatic nitrogens is 4. The number of hydrogen-bond acceptors (Lipinski definition) is 7. The van der Waals surface area contributed by atoms with Crippen LogP contribution in [0.15, 0.2) is 63.1 Å². The summed E-state index contributed by atoms with van der Waals surface area (Å²) >= 11 is 4.57. The Morgan fingerprint density at radius 1 is 1.14 bits per heavy atom. The molecular weight excluding hydrogens is 480 g/mol. The Bertz CT molecular complexity index is 1100. The predicted molar refractivity (Wildman–Crippen MR) is 114 cm³/mol. The minimum atomic E-state index is -3.51. The minimum Gasteiger partial charge on any atom is -0.325 e. The number of halogens is 1. The quantitative estimate of drug-likeness (QED) is 0.500. The molecule has 0 saturated carbocycles. The number of thioether (sulfide) groups is 1. The summed E-state index contributed by atoms with van der Waals surface area (Å²) in [7, 11) is -0.582. The lowest BCUT2D eigenvalue weighted by Crippen LogP contribution is -2.22. The fourth-order valence-corrected chi connectivity index (χ4v) is 4.12. The molecule has 3 aromatic rings. The molecule has 0 atom stereocenters. The Morgan fingerprint density at radius 2 is 1.79 bits per heavy atom. The highest BCUT2D eigenvalue weighted by molar-refractivity contribution is 9.10. The molecule has 0 aliphatic heterocycles. The number of sulfonamides is 1. The molecule has 1 aromatic heterocycles. The van der Waals surface area contributed by atoms with Crippen LogP contribution in [0.25, 0.3) is 5.69 Å². The summed E-state index contributed by atoms with van der Waals surface area (Å²) in [4.78, 5) is 12.4. The molecular formula is C17H17BrN6O3S2. The van der Waals surface area contributed by atoms with Gasteiger partial charge in [0.15, 0.2) is 0 Å². The predicted octanol–water partition coefficient (Wildman–Crippen LogP) is 2.41. The van der Waals surface area contributed by atoms with Gasteiger partial charge in [0.25, 0.3) is 0 Å². The van der Waals surface area contributed by atoms with E-state index in [1.54, 1.807) is 16.8 Å². The van der Waals surface area contributed by atoms with Crippen LogP contribution in [0.3, 0.4) is 0 Å². The summed E-state index contributed by atoms with van der Waals surface area (Å²) in [6, 6.07) is 13.5. The first-order valence-corrected chi connectivity index (χ1v) is 11.5. The summed E-state index contributed by atoms with van der Waals surface area (Å²) in [5, 5.41) is 14.8. The molecule has 152 valence electrons. The highest BCUT2D eigenvalue weighted by atomic mass is 79.9. The van der Waals surface area contributed by atoms with Crippen LogP contribution < -0.4 is 5.32 Å². The summed E-state index contributed by atoms with van der Waals surface area (Å²) in [5.74, 6) is -0.169. The van der Waals surface area contributed by atoms with E-state index in [0.29, 0.717) is 10.8 Å². The number of amides is 1. The van der Waals surface area contributed by atoms with Gasteiger partial charge in [-0.1, -0.05) is 27.7 Å². The molecule has 0 fully saturated rings. The van der Waals surface area contributed by atoms with Crippen LogP contribution in [-0.2, 0) is 14.8 Å². The Kier molecular flexibility index (Phi) is 6.67. The van der Waals surface area contributed by atoms with Crippen molar-refractivity contribution in [1.29, 1.82) is 0 Å². The molecule has 0 bridgehead atoms. The highest BCUT2D eigenvalue weighted by Gasteiger charge is 2.17. The molecule has 0 aliphatic carbocycles. The van der Waals surface area contributed by atoms with Crippen LogP contribution in [0.1, 0.15) is 0 Å². The largest absolute Gasteiger partial charge is 0.325 e. The lowest BCUT2D eigenvalue weighted by atomic mass is 10.3. The molecule has 1 N–H and O–H groups in total. The van der Waals surface area contributed by atoms with Crippen molar-refractivity contribution in [2.75, 3.05) is 25.2 Å². The second-order valence-corrected chi connectivity index (χ2v) is 10.0. The highest BCUT2D eigenvalue weighted by Crippen LogP contribution is 2.21. The molecule has 1 heterocycles. The molecule has 0 saturated heterocycles. The van der Waals surface area contributed by atoms with Crippen molar-refractivity contribution in [2.45, 2.75) is 10.1 Å². The van der Waals surface area contributed by atoms with Gasteiger partial charge in [-0.15, -0.1) is 5.10 Å². The summed E-state index contributed by atoms with van der Waals surface area (Å²) < 4.78 is 27.8. The molecule has 29 heavy (non-hydrogen) atoms. The summed E-state index contributed by atoms with van der Waals surface area (Å²) in [6.45, 7) is 0. The van der Waals surface area contributed by atoms with Crippen LogP contribution in [-0.4, -0.2) is 58.7 Å². The molecule has 3 rings (SSSR count). The smallest absolute Gasteiger partial charge is 0.242 e. The maximum absolute atomic E-state index is 12.2. The Morgan fingerprint density at radius 3 is 2.41 bits per heavy atom. The fourth-order valence-electron chi connectivity index (χ4n) is 2.26. The standard InChI is InChI=1S/C17H17BrN6O3S2/c1-23(2)29(26,27)15-9-5-13(6-10-15)19-16(25)11-28-17-20-21-22-24(17)14-7-3-12(18)4-8-14/h3-10H,11H2,1-2H3,(H,19,25). The van der Waals surface area contributed by atoms with Gasteiger partial charge in [0, 0.05) is 24.3 Å². The Balaban J connectivity index is 1.61. The zero-order valence-electron chi connectivity index (χ0n) is 15.5. The third-order valence-corrected chi connectivity index (χ3v) is 7.04. The van der Waals surface area contributed by atoms with E-state index in [9.17, 15) is 13.2 Å². The molecule has 9 nitrogen and oxygen atoms in total. The molecule has 2 aromatic carbocycles. The fraction of sp³-hybridized carbons (Fsp3) is 0.176. The minimum absolute atomic E-state index is 0.0919. The molecule has 0 aliphatic rings. The van der Waals surface area contributed by atoms with Gasteiger partial charge >= 0.3 is 0 Å². The van der Waals surface area contributed by atoms with Gasteiger partial charge in [-0.05, 0) is 59.0 Å². The Labute approximate surface area is 180 Å². The molecule has 12 heteroatoms. The molecule has 0 radical (unpaired) electrons. The lowest BCUT2D eigenvalue weighted by molar-refractivity contribution is -0.113. The van der Waals surface area contributed by atoms with Gasteiger partial charge < -0.3 is 5.32 Å². The van der Waals surface area contributed by atoms with Crippen molar-refractivity contribution < 1.29 is 13.2 Å². The van der Waals surface area contributed by atoms with Gasteiger partial charge in [0.05, 0.1) is 16.3 Å². The van der Waals surface area contributed by atoms with E-state index >= 15 is 0 Å². The zero-order valence-corrected chi connectivity index (χ0v) is 18.7. The van der Waals surface area contributed by atoms with E-state index in [2.05, 4.69) is 36.8 Å². The normalized spacial score (nSPS) is 11.6. The second-order valence-electron chi connectivity index (χ2n) is 6.00. The number of benzene rings is 2. The van der Waals surface area contributed by atoms with E-state index in [0.717, 1.165) is 14.5 Å². The molecule has 0 unspecified atom stereocenters. The topological polar surface area (TPSA) is 110 Å². The number of rotatable bonds is 7. The average Bonchev–Trinajstić information content (AvgIpc) is 3.16. The number of nitrogens with zero attached hydrogens (tertiary/aromatic N) is 5. The van der Waals surface area contributed by atoms with Gasteiger partial charge in [-0.3, -0.25) is 4.79 Å². The third-order valence-electron chi connectivity index (χ3n) is 3.76. The van der Waals surface area contributed by atoms with Gasteiger partial charge in [0.1, 0.15) is 0 Å². The third kappa shape index (κ3) is 5.21. The van der Waals surface area contributed by atoms with E-state index in [-0.39, 0.29) is 16.6 Å². The number of anilines is 1. The number of carbonyl (C=O) groups is 1. The number of carbonyl (C=O) groups excluding carboxylic acids is 1. The summed E-state index contributed by atoms with van der Waals surface area (Å²) in [6.07, 6.45) is 0. The van der Waals surface area contributed by atoms with Crippen LogP contribution in [0.2, 0.25) is 0 Å². The van der Waals surface area contributed by atoms with Gasteiger partial charge in [-0.25, -0.2) is 12.7 Å². The van der Waals surface area contributed by atoms with E-state index in [1.807, 2.05) is 24.3 Å². The molecule has 0 spiro atoms. The van der Waals surface area contributed by atoms with Crippen molar-refractivity contribution in [3.8, 4) is 5.69 Å². The molecule has 1 amide bonds. The van der Waals surface area contributed by atoms with Gasteiger partial charge in [-0.2, -0.15) is 4.68 Å². The van der Waals surface area contributed by atoms with Crippen molar-refractivity contribution >= 4 is 49.3 Å². The van der Waals surface area contributed by atoms with Crippen molar-refractivity contribution in [2.24, 2.45) is 0 Å². The zero-order chi connectivity index (χ0) is 21.0. The second kappa shape index (κ2) is 9.03. The van der Waals surface area contributed by atoms with Crippen LogP contribution in [0.5, 0.6) is 0 Å². The SMILES string of the molecule is CN(C)S(=O)(=O)c1ccc(NC(=O)CSc2nnnn2-c2ccc(Br)cc2)cc1. The van der Waals surface area contributed by atoms with Crippen LogP contribution in [0.4, 0.5) is 5.69 Å². The van der Waals surface area contributed by atoms with Crippen molar-refractivity contribution in [3.05, 3.63) is 53.0 Å². The summed E-state index contributed by atoms with van der Waals surface area (Å²) in [5.41, 5.74) is 1.28.